The summed E-state index contributed by atoms with van der Waals surface area (Å²) >= 11 is 0. The van der Waals surface area contributed by atoms with Crippen molar-refractivity contribution in [3.05, 3.63) is 0 Å². The van der Waals surface area contributed by atoms with Gasteiger partial charge in [-0.2, -0.15) is 0 Å². The molecule has 17 heavy (non-hydrogen) atoms. The SMILES string of the molecule is CCC(CC)NC(=O)NC1(CC(=O)O)CCC1. The smallest absolute Gasteiger partial charge is 0.315 e. The average Bonchev–Trinajstić information content (AvgIpc) is 2.22. The fourth-order valence-corrected chi connectivity index (χ4v) is 2.19. The van der Waals surface area contributed by atoms with Crippen LogP contribution in [-0.2, 0) is 4.79 Å². The number of carboxylic acids is 1. The number of hydrogen-bond donors (Lipinski definition) is 3. The molecule has 0 bridgehead atoms. The van der Waals surface area contributed by atoms with Gasteiger partial charge in [0.05, 0.1) is 12.0 Å². The summed E-state index contributed by atoms with van der Waals surface area (Å²) in [6, 6.07) is -0.0726. The third kappa shape index (κ3) is 3.91. The Kier molecular flexibility index (Phi) is 4.78. The van der Waals surface area contributed by atoms with Crippen molar-refractivity contribution < 1.29 is 14.7 Å². The molecule has 1 aliphatic rings. The van der Waals surface area contributed by atoms with Crippen molar-refractivity contribution in [2.24, 2.45) is 0 Å². The predicted octanol–water partition coefficient (Wildman–Crippen LogP) is 1.87. The van der Waals surface area contributed by atoms with Gasteiger partial charge in [0.2, 0.25) is 0 Å². The molecule has 0 aromatic heterocycles. The van der Waals surface area contributed by atoms with Gasteiger partial charge in [-0.1, -0.05) is 13.8 Å². The van der Waals surface area contributed by atoms with Gasteiger partial charge < -0.3 is 15.7 Å². The molecule has 0 spiro atoms. The third-order valence-corrected chi connectivity index (χ3v) is 3.50. The number of carbonyl (C=O) groups excluding carboxylic acids is 1. The van der Waals surface area contributed by atoms with Gasteiger partial charge in [0.25, 0.3) is 0 Å². The molecule has 5 nitrogen and oxygen atoms in total. The zero-order valence-corrected chi connectivity index (χ0v) is 10.6. The second-order valence-electron chi connectivity index (χ2n) is 4.82. The van der Waals surface area contributed by atoms with Crippen molar-refractivity contribution in [2.75, 3.05) is 0 Å². The third-order valence-electron chi connectivity index (χ3n) is 3.50. The van der Waals surface area contributed by atoms with E-state index in [-0.39, 0.29) is 18.5 Å². The van der Waals surface area contributed by atoms with Crippen LogP contribution in [-0.4, -0.2) is 28.7 Å². The highest BCUT2D eigenvalue weighted by Crippen LogP contribution is 2.34. The number of rotatable bonds is 6. The van der Waals surface area contributed by atoms with Crippen LogP contribution in [0.4, 0.5) is 4.79 Å². The van der Waals surface area contributed by atoms with Crippen molar-refractivity contribution >= 4 is 12.0 Å². The lowest BCUT2D eigenvalue weighted by Gasteiger charge is -2.41. The molecule has 2 amide bonds. The van der Waals surface area contributed by atoms with Crippen LogP contribution in [0.3, 0.4) is 0 Å². The Balaban J connectivity index is 2.45. The minimum absolute atomic E-state index is 0.0172. The maximum Gasteiger partial charge on any atom is 0.315 e. The molecular formula is C12H22N2O3. The summed E-state index contributed by atoms with van der Waals surface area (Å²) in [7, 11) is 0. The molecule has 1 rings (SSSR count). The van der Waals surface area contributed by atoms with Gasteiger partial charge in [0.1, 0.15) is 0 Å². The predicted molar refractivity (Wildman–Crippen MR) is 64.9 cm³/mol. The summed E-state index contributed by atoms with van der Waals surface area (Å²) in [4.78, 5) is 22.5. The maximum atomic E-state index is 11.7. The van der Waals surface area contributed by atoms with Crippen molar-refractivity contribution in [1.82, 2.24) is 10.6 Å². The lowest BCUT2D eigenvalue weighted by atomic mass is 9.74. The van der Waals surface area contributed by atoms with E-state index in [2.05, 4.69) is 10.6 Å². The molecule has 1 fully saturated rings. The van der Waals surface area contributed by atoms with E-state index in [4.69, 9.17) is 5.11 Å². The fraction of sp³-hybridized carbons (Fsp3) is 0.833. The van der Waals surface area contributed by atoms with Crippen LogP contribution in [0.2, 0.25) is 0 Å². The zero-order valence-electron chi connectivity index (χ0n) is 10.6. The van der Waals surface area contributed by atoms with Gasteiger partial charge in [0.15, 0.2) is 0 Å². The Labute approximate surface area is 102 Å². The van der Waals surface area contributed by atoms with Crippen molar-refractivity contribution in [2.45, 2.75) is 64.0 Å². The van der Waals surface area contributed by atoms with Gasteiger partial charge >= 0.3 is 12.0 Å². The van der Waals surface area contributed by atoms with Crippen LogP contribution < -0.4 is 10.6 Å². The Hall–Kier alpha value is -1.26. The molecule has 5 heteroatoms. The lowest BCUT2D eigenvalue weighted by Crippen LogP contribution is -2.58. The van der Waals surface area contributed by atoms with Crippen molar-refractivity contribution in [3.8, 4) is 0 Å². The van der Waals surface area contributed by atoms with Crippen LogP contribution in [0, 0.1) is 0 Å². The molecule has 0 radical (unpaired) electrons. The molecular weight excluding hydrogens is 220 g/mol. The standard InChI is InChI=1S/C12H22N2O3/c1-3-9(4-2)13-11(17)14-12(6-5-7-12)8-10(15)16/h9H,3-8H2,1-2H3,(H,15,16)(H2,13,14,17). The topological polar surface area (TPSA) is 78.4 Å². The molecule has 1 aliphatic carbocycles. The molecule has 3 N–H and O–H groups in total. The summed E-state index contributed by atoms with van der Waals surface area (Å²) in [5, 5.41) is 14.5. The quantitative estimate of drug-likeness (QED) is 0.665. The zero-order chi connectivity index (χ0) is 12.9. The van der Waals surface area contributed by atoms with E-state index in [1.165, 1.54) is 0 Å². The maximum absolute atomic E-state index is 11.7. The van der Waals surface area contributed by atoms with E-state index < -0.39 is 11.5 Å². The Morgan fingerprint density at radius 2 is 1.88 bits per heavy atom. The highest BCUT2D eigenvalue weighted by molar-refractivity contribution is 5.77. The highest BCUT2D eigenvalue weighted by atomic mass is 16.4. The summed E-state index contributed by atoms with van der Waals surface area (Å²) in [6.07, 6.45) is 4.29. The molecule has 0 saturated heterocycles. The van der Waals surface area contributed by atoms with Crippen LogP contribution in [0.5, 0.6) is 0 Å². The van der Waals surface area contributed by atoms with E-state index in [1.54, 1.807) is 0 Å². The summed E-state index contributed by atoms with van der Waals surface area (Å²) in [6.45, 7) is 4.04. The number of carbonyl (C=O) groups is 2. The average molecular weight is 242 g/mol. The van der Waals surface area contributed by atoms with Crippen LogP contribution in [0.1, 0.15) is 52.4 Å². The van der Waals surface area contributed by atoms with Crippen LogP contribution in [0.15, 0.2) is 0 Å². The molecule has 0 aliphatic heterocycles. The first-order chi connectivity index (χ1) is 8.01. The fourth-order valence-electron chi connectivity index (χ4n) is 2.19. The minimum Gasteiger partial charge on any atom is -0.481 e. The Bertz CT molecular complexity index is 283. The van der Waals surface area contributed by atoms with E-state index in [1.807, 2.05) is 13.8 Å². The van der Waals surface area contributed by atoms with Gasteiger partial charge in [-0.05, 0) is 32.1 Å². The lowest BCUT2D eigenvalue weighted by molar-refractivity contribution is -0.139. The van der Waals surface area contributed by atoms with Crippen molar-refractivity contribution in [1.29, 1.82) is 0 Å². The highest BCUT2D eigenvalue weighted by Gasteiger charge is 2.40. The van der Waals surface area contributed by atoms with E-state index in [0.29, 0.717) is 0 Å². The molecule has 0 aromatic carbocycles. The van der Waals surface area contributed by atoms with Crippen molar-refractivity contribution in [3.63, 3.8) is 0 Å². The number of amides is 2. The number of urea groups is 1. The minimum atomic E-state index is -0.854. The van der Waals surface area contributed by atoms with E-state index >= 15 is 0 Å². The van der Waals surface area contributed by atoms with Gasteiger partial charge in [-0.25, -0.2) is 4.79 Å². The summed E-state index contributed by atoms with van der Waals surface area (Å²) < 4.78 is 0. The van der Waals surface area contributed by atoms with Crippen LogP contribution >= 0.6 is 0 Å². The molecule has 98 valence electrons. The van der Waals surface area contributed by atoms with Gasteiger partial charge in [0, 0.05) is 6.04 Å². The van der Waals surface area contributed by atoms with Crippen LogP contribution in [0.25, 0.3) is 0 Å². The van der Waals surface area contributed by atoms with E-state index in [0.717, 1.165) is 32.1 Å². The second kappa shape index (κ2) is 5.89. The second-order valence-corrected chi connectivity index (χ2v) is 4.82. The van der Waals surface area contributed by atoms with Gasteiger partial charge in [-0.3, -0.25) is 4.79 Å². The monoisotopic (exact) mass is 242 g/mol. The number of nitrogens with one attached hydrogen (secondary N) is 2. The Morgan fingerprint density at radius 1 is 1.29 bits per heavy atom. The summed E-state index contributed by atoms with van der Waals surface area (Å²) in [5.41, 5.74) is -0.512. The number of carboxylic acid groups (broad SMARTS) is 1. The molecule has 1 saturated carbocycles. The largest absolute Gasteiger partial charge is 0.481 e. The molecule has 0 aromatic rings. The molecule has 0 atom stereocenters. The molecule has 0 unspecified atom stereocenters. The summed E-state index contributed by atoms with van der Waals surface area (Å²) in [5.74, 6) is -0.854. The van der Waals surface area contributed by atoms with E-state index in [9.17, 15) is 9.59 Å². The normalized spacial score (nSPS) is 17.4. The number of hydrogen-bond acceptors (Lipinski definition) is 2. The van der Waals surface area contributed by atoms with Gasteiger partial charge in [-0.15, -0.1) is 0 Å². The first kappa shape index (κ1) is 13.8. The molecule has 0 heterocycles. The number of aliphatic carboxylic acids is 1. The Morgan fingerprint density at radius 3 is 2.24 bits per heavy atom. The first-order valence-corrected chi connectivity index (χ1v) is 6.32. The first-order valence-electron chi connectivity index (χ1n) is 6.32.